The van der Waals surface area contributed by atoms with Crippen molar-refractivity contribution in [3.63, 3.8) is 0 Å². The molecule has 0 saturated heterocycles. The number of nitrogens with zero attached hydrogens (tertiary/aromatic N) is 2. The molecule has 0 aliphatic carbocycles. The molecule has 2 atom stereocenters. The fourth-order valence-electron chi connectivity index (χ4n) is 1.33. The molecule has 0 fully saturated rings. The van der Waals surface area contributed by atoms with Crippen molar-refractivity contribution >= 4 is 6.02 Å². The summed E-state index contributed by atoms with van der Waals surface area (Å²) >= 11 is 0. The number of hydrogen-bond acceptors (Lipinski definition) is 3. The summed E-state index contributed by atoms with van der Waals surface area (Å²) in [6.45, 7) is 4.28. The molecule has 3 heteroatoms. The molecule has 0 spiro atoms. The molecule has 1 heterocycles. The first-order valence-electron chi connectivity index (χ1n) is 4.57. The molecular formula is C9H18N2O. The monoisotopic (exact) mass is 170 g/mol. The summed E-state index contributed by atoms with van der Waals surface area (Å²) in [6, 6.07) is 1.10. The molecule has 0 N–H and O–H groups in total. The van der Waals surface area contributed by atoms with Crippen LogP contribution >= 0.6 is 0 Å². The second-order valence-electron chi connectivity index (χ2n) is 3.49. The third-order valence-corrected chi connectivity index (χ3v) is 2.06. The third kappa shape index (κ3) is 1.90. The van der Waals surface area contributed by atoms with E-state index in [1.54, 1.807) is 0 Å². The van der Waals surface area contributed by atoms with Crippen molar-refractivity contribution in [3.05, 3.63) is 0 Å². The Labute approximate surface area is 74.4 Å². The Morgan fingerprint density at radius 1 is 1.50 bits per heavy atom. The Balaban J connectivity index is 2.48. The van der Waals surface area contributed by atoms with Crippen LogP contribution in [0.25, 0.3) is 0 Å². The van der Waals surface area contributed by atoms with Crippen molar-refractivity contribution in [2.75, 3.05) is 14.1 Å². The van der Waals surface area contributed by atoms with E-state index in [2.05, 4.69) is 18.8 Å². The highest BCUT2D eigenvalue weighted by molar-refractivity contribution is 5.75. The summed E-state index contributed by atoms with van der Waals surface area (Å²) in [5, 5.41) is 0. The van der Waals surface area contributed by atoms with Crippen molar-refractivity contribution in [2.24, 2.45) is 4.99 Å². The van der Waals surface area contributed by atoms with Gasteiger partial charge in [0.05, 0.1) is 6.04 Å². The normalized spacial score (nSPS) is 28.2. The van der Waals surface area contributed by atoms with E-state index in [4.69, 9.17) is 4.74 Å². The highest BCUT2D eigenvalue weighted by atomic mass is 16.5. The van der Waals surface area contributed by atoms with E-state index in [1.165, 1.54) is 0 Å². The molecular weight excluding hydrogens is 152 g/mol. The molecule has 0 unspecified atom stereocenters. The molecule has 0 amide bonds. The Kier molecular flexibility index (Phi) is 2.95. The van der Waals surface area contributed by atoms with Crippen molar-refractivity contribution in [1.29, 1.82) is 0 Å². The van der Waals surface area contributed by atoms with Crippen LogP contribution in [0.4, 0.5) is 0 Å². The van der Waals surface area contributed by atoms with Gasteiger partial charge in [-0.15, -0.1) is 0 Å². The van der Waals surface area contributed by atoms with Gasteiger partial charge in [-0.25, -0.2) is 4.99 Å². The zero-order valence-electron chi connectivity index (χ0n) is 8.37. The summed E-state index contributed by atoms with van der Waals surface area (Å²) in [5.74, 6) is 0. The van der Waals surface area contributed by atoms with Gasteiger partial charge in [0.25, 0.3) is 6.02 Å². The minimum absolute atomic E-state index is 0.299. The lowest BCUT2D eigenvalue weighted by molar-refractivity contribution is 0.165. The fourth-order valence-corrected chi connectivity index (χ4v) is 1.33. The van der Waals surface area contributed by atoms with Crippen molar-refractivity contribution < 1.29 is 4.74 Å². The minimum atomic E-state index is 0.299. The van der Waals surface area contributed by atoms with Crippen LogP contribution in [0.15, 0.2) is 4.99 Å². The Bertz CT molecular complexity index is 177. The quantitative estimate of drug-likeness (QED) is 0.627. The second kappa shape index (κ2) is 3.78. The topological polar surface area (TPSA) is 24.8 Å². The largest absolute Gasteiger partial charge is 0.460 e. The maximum Gasteiger partial charge on any atom is 0.287 e. The number of amidine groups is 1. The molecule has 70 valence electrons. The van der Waals surface area contributed by atoms with E-state index in [0.29, 0.717) is 12.1 Å². The van der Waals surface area contributed by atoms with Crippen LogP contribution in [0.2, 0.25) is 0 Å². The fraction of sp³-hybridized carbons (Fsp3) is 0.889. The van der Waals surface area contributed by atoms with Gasteiger partial charge in [0.15, 0.2) is 0 Å². The molecule has 1 aliphatic rings. The second-order valence-corrected chi connectivity index (χ2v) is 3.49. The van der Waals surface area contributed by atoms with Crippen molar-refractivity contribution in [3.8, 4) is 0 Å². The molecule has 0 saturated carbocycles. The molecule has 0 bridgehead atoms. The molecule has 0 aromatic heterocycles. The zero-order chi connectivity index (χ0) is 9.14. The maximum atomic E-state index is 5.65. The first kappa shape index (κ1) is 9.36. The lowest BCUT2D eigenvalue weighted by atomic mass is 10.1. The van der Waals surface area contributed by atoms with Gasteiger partial charge in [0, 0.05) is 14.1 Å². The summed E-state index contributed by atoms with van der Waals surface area (Å²) in [4.78, 5) is 6.33. The Morgan fingerprint density at radius 3 is 2.58 bits per heavy atom. The minimum Gasteiger partial charge on any atom is -0.460 e. The van der Waals surface area contributed by atoms with Crippen LogP contribution in [-0.4, -0.2) is 37.2 Å². The number of rotatable bonds is 2. The number of hydrogen-bond donors (Lipinski definition) is 0. The predicted molar refractivity (Wildman–Crippen MR) is 50.4 cm³/mol. The predicted octanol–water partition coefficient (Wildman–Crippen LogP) is 1.49. The lowest BCUT2D eigenvalue weighted by Gasteiger charge is -2.15. The molecule has 1 rings (SSSR count). The van der Waals surface area contributed by atoms with Crippen LogP contribution in [0.3, 0.4) is 0 Å². The van der Waals surface area contributed by atoms with Gasteiger partial charge in [0.2, 0.25) is 0 Å². The highest BCUT2D eigenvalue weighted by Crippen LogP contribution is 2.18. The Morgan fingerprint density at radius 2 is 2.17 bits per heavy atom. The van der Waals surface area contributed by atoms with E-state index in [0.717, 1.165) is 18.9 Å². The third-order valence-electron chi connectivity index (χ3n) is 2.06. The summed E-state index contributed by atoms with van der Waals surface area (Å²) in [6.07, 6.45) is 2.56. The van der Waals surface area contributed by atoms with Gasteiger partial charge < -0.3 is 9.64 Å². The molecule has 0 aromatic carbocycles. The zero-order valence-corrected chi connectivity index (χ0v) is 8.37. The van der Waals surface area contributed by atoms with E-state index in [-0.39, 0.29) is 0 Å². The summed E-state index contributed by atoms with van der Waals surface area (Å²) in [7, 11) is 3.92. The van der Waals surface area contributed by atoms with Gasteiger partial charge in [-0.3, -0.25) is 0 Å². The van der Waals surface area contributed by atoms with E-state index < -0.39 is 0 Å². The summed E-state index contributed by atoms with van der Waals surface area (Å²) in [5.41, 5.74) is 0. The van der Waals surface area contributed by atoms with Crippen LogP contribution < -0.4 is 0 Å². The maximum absolute atomic E-state index is 5.65. The van der Waals surface area contributed by atoms with Crippen LogP contribution in [-0.2, 0) is 4.74 Å². The van der Waals surface area contributed by atoms with E-state index >= 15 is 0 Å². The molecule has 3 nitrogen and oxygen atoms in total. The average Bonchev–Trinajstić information content (AvgIpc) is 2.34. The number of ether oxygens (including phenoxy) is 1. The Hall–Kier alpha value is -0.730. The lowest BCUT2D eigenvalue weighted by Crippen LogP contribution is -2.25. The summed E-state index contributed by atoms with van der Waals surface area (Å²) < 4.78 is 5.65. The van der Waals surface area contributed by atoms with Crippen LogP contribution in [0, 0.1) is 0 Å². The van der Waals surface area contributed by atoms with Gasteiger partial charge in [-0.1, -0.05) is 13.3 Å². The van der Waals surface area contributed by atoms with Crippen molar-refractivity contribution in [1.82, 2.24) is 4.90 Å². The molecule has 12 heavy (non-hydrogen) atoms. The highest BCUT2D eigenvalue weighted by Gasteiger charge is 2.27. The van der Waals surface area contributed by atoms with Crippen molar-refractivity contribution in [2.45, 2.75) is 38.8 Å². The smallest absolute Gasteiger partial charge is 0.287 e. The van der Waals surface area contributed by atoms with E-state index in [9.17, 15) is 0 Å². The van der Waals surface area contributed by atoms with Crippen LogP contribution in [0.1, 0.15) is 26.7 Å². The average molecular weight is 170 g/mol. The van der Waals surface area contributed by atoms with Crippen LogP contribution in [0.5, 0.6) is 0 Å². The number of aliphatic imine (C=N–C) groups is 1. The molecule has 0 aromatic rings. The van der Waals surface area contributed by atoms with E-state index in [1.807, 2.05) is 19.0 Å². The SMILES string of the molecule is CCC[C@H]1OC(N(C)C)=N[C@@H]1C. The standard InChI is InChI=1S/C9H18N2O/c1-5-6-8-7(2)10-9(12-8)11(3)4/h7-8H,5-6H2,1-4H3/t7-,8-/m1/s1. The molecule has 0 radical (unpaired) electrons. The first-order valence-corrected chi connectivity index (χ1v) is 4.57. The first-order chi connectivity index (χ1) is 5.65. The van der Waals surface area contributed by atoms with Gasteiger partial charge in [-0.05, 0) is 13.3 Å². The van der Waals surface area contributed by atoms with Gasteiger partial charge in [-0.2, -0.15) is 0 Å². The van der Waals surface area contributed by atoms with Gasteiger partial charge >= 0.3 is 0 Å². The van der Waals surface area contributed by atoms with Gasteiger partial charge in [0.1, 0.15) is 6.10 Å². The molecule has 1 aliphatic heterocycles.